The Hall–Kier alpha value is -2.47. The lowest BCUT2D eigenvalue weighted by molar-refractivity contribution is -0.113. The average molecular weight is 395 g/mol. The van der Waals surface area contributed by atoms with Gasteiger partial charge < -0.3 is 4.57 Å². The summed E-state index contributed by atoms with van der Waals surface area (Å²) in [6.45, 7) is 1.96. The summed E-state index contributed by atoms with van der Waals surface area (Å²) in [5.41, 5.74) is -0.261. The molecule has 0 saturated heterocycles. The van der Waals surface area contributed by atoms with Crippen molar-refractivity contribution in [2.45, 2.75) is 18.5 Å². The van der Waals surface area contributed by atoms with Crippen molar-refractivity contribution in [2.24, 2.45) is 21.1 Å². The fourth-order valence-corrected chi connectivity index (χ4v) is 3.82. The van der Waals surface area contributed by atoms with E-state index >= 15 is 0 Å². The van der Waals surface area contributed by atoms with Crippen LogP contribution in [-0.4, -0.2) is 40.5 Å². The van der Waals surface area contributed by atoms with Crippen molar-refractivity contribution in [3.8, 4) is 0 Å². The van der Waals surface area contributed by atoms with Gasteiger partial charge in [-0.1, -0.05) is 30.0 Å². The van der Waals surface area contributed by atoms with Crippen LogP contribution in [0.2, 0.25) is 0 Å². The molecular weight excluding hydrogens is 378 g/mol. The lowest BCUT2D eigenvalue weighted by Gasteiger charge is -2.03. The van der Waals surface area contributed by atoms with Gasteiger partial charge in [-0.2, -0.15) is 0 Å². The molecule has 0 unspecified atom stereocenters. The Morgan fingerprint density at radius 1 is 1.15 bits per heavy atom. The van der Waals surface area contributed by atoms with Crippen LogP contribution >= 0.6 is 23.1 Å². The lowest BCUT2D eigenvalue weighted by Crippen LogP contribution is -2.37. The van der Waals surface area contributed by atoms with E-state index < -0.39 is 11.2 Å². The van der Waals surface area contributed by atoms with E-state index in [1.54, 1.807) is 18.7 Å². The molecule has 10 nitrogen and oxygen atoms in total. The number of anilines is 1. The number of aromatic nitrogens is 6. The molecule has 12 heteroatoms. The molecule has 26 heavy (non-hydrogen) atoms. The molecule has 0 radical (unpaired) electrons. The maximum absolute atomic E-state index is 12.3. The topological polar surface area (TPSA) is 117 Å². The van der Waals surface area contributed by atoms with Crippen LogP contribution in [0.25, 0.3) is 11.2 Å². The molecule has 1 amide bonds. The number of fused-ring (bicyclic) bond motifs is 1. The summed E-state index contributed by atoms with van der Waals surface area (Å²) < 4.78 is 3.94. The molecule has 0 fully saturated rings. The number of aryl methyl sites for hydroxylation is 3. The Kier molecular flexibility index (Phi) is 4.96. The Morgan fingerprint density at radius 3 is 2.54 bits per heavy atom. The van der Waals surface area contributed by atoms with Gasteiger partial charge in [-0.05, 0) is 6.42 Å². The first-order valence-electron chi connectivity index (χ1n) is 7.71. The number of nitrogens with one attached hydrogen (secondary N) is 1. The van der Waals surface area contributed by atoms with Crippen LogP contribution in [0.1, 0.15) is 11.9 Å². The zero-order chi connectivity index (χ0) is 19.0. The Bertz CT molecular complexity index is 1110. The summed E-state index contributed by atoms with van der Waals surface area (Å²) in [6, 6.07) is 0. The molecule has 0 spiro atoms. The van der Waals surface area contributed by atoms with Crippen LogP contribution < -0.4 is 16.6 Å². The predicted octanol–water partition coefficient (Wildman–Crippen LogP) is 0.115. The molecule has 0 bridgehead atoms. The minimum atomic E-state index is -0.446. The minimum Gasteiger partial charge on any atom is -0.316 e. The zero-order valence-corrected chi connectivity index (χ0v) is 16.3. The quantitative estimate of drug-likeness (QED) is 0.610. The number of carbonyl (C=O) groups is 1. The number of carbonyl (C=O) groups excluding carboxylic acids is 1. The Morgan fingerprint density at radius 2 is 1.88 bits per heavy atom. The monoisotopic (exact) mass is 395 g/mol. The van der Waals surface area contributed by atoms with E-state index in [0.29, 0.717) is 21.5 Å². The number of amides is 1. The standard InChI is InChI=1S/C14H17N7O3S2/c1-5-8-17-18-12(26-8)15-7(22)6-25-13-16-10-9(19(13)2)11(23)21(4)14(24)20(10)3/h5-6H2,1-4H3,(H,15,18,22). The van der Waals surface area contributed by atoms with Crippen LogP contribution in [0.5, 0.6) is 0 Å². The van der Waals surface area contributed by atoms with Gasteiger partial charge in [0.1, 0.15) is 5.01 Å². The highest BCUT2D eigenvalue weighted by Gasteiger charge is 2.18. The van der Waals surface area contributed by atoms with E-state index in [2.05, 4.69) is 20.5 Å². The molecule has 0 aromatic carbocycles. The number of nitrogens with zero attached hydrogens (tertiary/aromatic N) is 6. The third-order valence-electron chi connectivity index (χ3n) is 3.78. The van der Waals surface area contributed by atoms with Crippen LogP contribution in [0, 0.1) is 0 Å². The lowest BCUT2D eigenvalue weighted by atomic mass is 10.5. The Balaban J connectivity index is 1.81. The molecule has 0 aliphatic carbocycles. The van der Waals surface area contributed by atoms with Crippen molar-refractivity contribution >= 4 is 45.3 Å². The molecule has 3 aromatic rings. The van der Waals surface area contributed by atoms with Crippen LogP contribution in [-0.2, 0) is 32.4 Å². The number of thioether (sulfide) groups is 1. The fraction of sp³-hybridized carbons (Fsp3) is 0.429. The normalized spacial score (nSPS) is 11.2. The highest BCUT2D eigenvalue weighted by atomic mass is 32.2. The van der Waals surface area contributed by atoms with Crippen molar-refractivity contribution in [3.63, 3.8) is 0 Å². The maximum atomic E-state index is 12.3. The highest BCUT2D eigenvalue weighted by molar-refractivity contribution is 7.99. The average Bonchev–Trinajstić information content (AvgIpc) is 3.20. The van der Waals surface area contributed by atoms with Gasteiger partial charge in [0, 0.05) is 21.1 Å². The van der Waals surface area contributed by atoms with Gasteiger partial charge in [0.2, 0.25) is 11.0 Å². The molecule has 138 valence electrons. The first-order valence-corrected chi connectivity index (χ1v) is 9.51. The fourth-order valence-electron chi connectivity index (χ4n) is 2.36. The number of hydrogen-bond acceptors (Lipinski definition) is 8. The summed E-state index contributed by atoms with van der Waals surface area (Å²) in [5, 5.41) is 12.3. The number of imidazole rings is 1. The summed E-state index contributed by atoms with van der Waals surface area (Å²) in [4.78, 5) is 40.8. The van der Waals surface area contributed by atoms with Gasteiger partial charge in [-0.25, -0.2) is 9.78 Å². The molecule has 0 saturated carbocycles. The van der Waals surface area contributed by atoms with Gasteiger partial charge >= 0.3 is 5.69 Å². The van der Waals surface area contributed by atoms with Crippen LogP contribution in [0.3, 0.4) is 0 Å². The summed E-state index contributed by atoms with van der Waals surface area (Å²) in [5.74, 6) is -0.158. The molecular formula is C14H17N7O3S2. The third-order valence-corrected chi connectivity index (χ3v) is 5.80. The molecule has 3 rings (SSSR count). The zero-order valence-electron chi connectivity index (χ0n) is 14.6. The molecule has 0 aliphatic heterocycles. The van der Waals surface area contributed by atoms with Gasteiger partial charge in [-0.3, -0.25) is 24.0 Å². The first kappa shape index (κ1) is 18.3. The number of hydrogen-bond donors (Lipinski definition) is 1. The third kappa shape index (κ3) is 3.17. The van der Waals surface area contributed by atoms with E-state index in [0.717, 1.165) is 16.0 Å². The summed E-state index contributed by atoms with van der Waals surface area (Å²) in [6.07, 6.45) is 0.760. The van der Waals surface area contributed by atoms with E-state index in [4.69, 9.17) is 0 Å². The van der Waals surface area contributed by atoms with Gasteiger partial charge in [-0.15, -0.1) is 10.2 Å². The van der Waals surface area contributed by atoms with E-state index in [1.807, 2.05) is 6.92 Å². The van der Waals surface area contributed by atoms with E-state index in [-0.39, 0.29) is 11.7 Å². The van der Waals surface area contributed by atoms with Crippen molar-refractivity contribution in [2.75, 3.05) is 11.1 Å². The van der Waals surface area contributed by atoms with Gasteiger partial charge in [0.15, 0.2) is 16.3 Å². The largest absolute Gasteiger partial charge is 0.332 e. The Labute approximate surface area is 155 Å². The summed E-state index contributed by atoms with van der Waals surface area (Å²) >= 11 is 2.51. The van der Waals surface area contributed by atoms with Gasteiger partial charge in [0.05, 0.1) is 5.75 Å². The second-order valence-electron chi connectivity index (χ2n) is 5.52. The smallest absolute Gasteiger partial charge is 0.316 e. The molecule has 3 heterocycles. The van der Waals surface area contributed by atoms with Crippen LogP contribution in [0.15, 0.2) is 14.7 Å². The number of rotatable bonds is 5. The van der Waals surface area contributed by atoms with Crippen molar-refractivity contribution in [1.29, 1.82) is 0 Å². The second-order valence-corrected chi connectivity index (χ2v) is 7.53. The van der Waals surface area contributed by atoms with E-state index in [1.165, 1.54) is 34.7 Å². The van der Waals surface area contributed by atoms with Crippen molar-refractivity contribution in [1.82, 2.24) is 28.9 Å². The maximum Gasteiger partial charge on any atom is 0.332 e. The molecule has 0 atom stereocenters. The molecule has 0 aliphatic rings. The summed E-state index contributed by atoms with van der Waals surface area (Å²) in [7, 11) is 4.66. The van der Waals surface area contributed by atoms with Crippen molar-refractivity contribution in [3.05, 3.63) is 25.8 Å². The second kappa shape index (κ2) is 7.03. The van der Waals surface area contributed by atoms with E-state index in [9.17, 15) is 14.4 Å². The first-order chi connectivity index (χ1) is 12.3. The highest BCUT2D eigenvalue weighted by Crippen LogP contribution is 2.21. The van der Waals surface area contributed by atoms with Crippen molar-refractivity contribution < 1.29 is 4.79 Å². The molecule has 1 N–H and O–H groups in total. The van der Waals surface area contributed by atoms with Crippen LogP contribution in [0.4, 0.5) is 5.13 Å². The molecule has 3 aromatic heterocycles. The minimum absolute atomic E-state index is 0.0897. The predicted molar refractivity (Wildman–Crippen MR) is 99.8 cm³/mol. The van der Waals surface area contributed by atoms with Gasteiger partial charge in [0.25, 0.3) is 5.56 Å². The SMILES string of the molecule is CCc1nnc(NC(=O)CSc2nc3c(c(=O)n(C)c(=O)n3C)n2C)s1.